The van der Waals surface area contributed by atoms with Crippen molar-refractivity contribution < 1.29 is 10.2 Å². The molecule has 0 fully saturated rings. The maximum Gasteiger partial charge on any atom is 0.119 e. The number of likely N-dealkylation sites (N-methyl/N-ethyl adjacent to an activating group) is 1. The highest BCUT2D eigenvalue weighted by Crippen LogP contribution is 2.31. The van der Waals surface area contributed by atoms with Crippen molar-refractivity contribution in [3.8, 4) is 11.5 Å². The third kappa shape index (κ3) is 9.18. The van der Waals surface area contributed by atoms with Crippen molar-refractivity contribution in [1.29, 1.82) is 0 Å². The minimum absolute atomic E-state index is 0. The van der Waals surface area contributed by atoms with E-state index in [1.807, 2.05) is 31.3 Å². The predicted octanol–water partition coefficient (Wildman–Crippen LogP) is 5.98. The zero-order valence-electron chi connectivity index (χ0n) is 18.2. The fraction of sp³-hybridized carbons (Fsp3) is 0.478. The lowest BCUT2D eigenvalue weighted by molar-refractivity contribution is 0.445. The van der Waals surface area contributed by atoms with E-state index >= 15 is 0 Å². The topological polar surface area (TPSA) is 52.5 Å². The first-order valence-corrected chi connectivity index (χ1v) is 9.22. The largest absolute Gasteiger partial charge is 0.508 e. The Balaban J connectivity index is 0. The Bertz CT molecular complexity index is 704. The maximum atomic E-state index is 9.78. The molecule has 0 aromatic heterocycles. The van der Waals surface area contributed by atoms with Gasteiger partial charge >= 0.3 is 0 Å². The van der Waals surface area contributed by atoms with Crippen LogP contribution in [0.3, 0.4) is 0 Å². The molecular weight excluding hydrogens is 393 g/mol. The smallest absolute Gasteiger partial charge is 0.119 e. The Kier molecular flexibility index (Phi) is 12.6. The van der Waals surface area contributed by atoms with Crippen LogP contribution in [0.4, 0.5) is 0 Å². The Morgan fingerprint density at radius 1 is 0.750 bits per heavy atom. The van der Waals surface area contributed by atoms with Crippen LogP contribution in [-0.4, -0.2) is 23.8 Å². The maximum absolute atomic E-state index is 9.78. The first-order valence-electron chi connectivity index (χ1n) is 9.22. The Labute approximate surface area is 183 Å². The van der Waals surface area contributed by atoms with Crippen LogP contribution < -0.4 is 5.32 Å². The molecule has 0 spiro atoms. The predicted molar refractivity (Wildman–Crippen MR) is 126 cm³/mol. The second-order valence-corrected chi connectivity index (χ2v) is 8.72. The highest BCUT2D eigenvalue weighted by molar-refractivity contribution is 5.85. The number of nitrogens with one attached hydrogen (secondary N) is 1. The number of rotatable bonds is 3. The summed E-state index contributed by atoms with van der Waals surface area (Å²) in [4.78, 5) is 0. The summed E-state index contributed by atoms with van der Waals surface area (Å²) >= 11 is 0. The Morgan fingerprint density at radius 2 is 1.25 bits per heavy atom. The SMILES string of the molecule is CC(C)(C)c1ccccc1O.CNCCc1ccc(O)c(C(C)(C)C)c1.Cl.Cl. The van der Waals surface area contributed by atoms with Gasteiger partial charge in [-0.2, -0.15) is 0 Å². The lowest BCUT2D eigenvalue weighted by Gasteiger charge is -2.21. The van der Waals surface area contributed by atoms with Crippen molar-refractivity contribution in [1.82, 2.24) is 5.32 Å². The van der Waals surface area contributed by atoms with E-state index in [0.29, 0.717) is 11.5 Å². The standard InChI is InChI=1S/C13H21NO.C10H14O.2ClH/c1-13(2,3)11-9-10(7-8-14-4)5-6-12(11)15;1-10(2,3)8-6-4-5-7-9(8)11;;/h5-6,9,14-15H,7-8H2,1-4H3;4-7,11H,1-3H3;2*1H. The molecule has 2 aromatic rings. The number of aromatic hydroxyl groups is 2. The highest BCUT2D eigenvalue weighted by Gasteiger charge is 2.18. The van der Waals surface area contributed by atoms with Crippen molar-refractivity contribution >= 4 is 24.8 Å². The second-order valence-electron chi connectivity index (χ2n) is 8.72. The monoisotopic (exact) mass is 429 g/mol. The number of halogens is 2. The molecule has 2 rings (SSSR count). The van der Waals surface area contributed by atoms with E-state index in [0.717, 1.165) is 24.1 Å². The minimum Gasteiger partial charge on any atom is -0.508 e. The summed E-state index contributed by atoms with van der Waals surface area (Å²) in [6, 6.07) is 13.3. The van der Waals surface area contributed by atoms with Crippen molar-refractivity contribution in [2.24, 2.45) is 0 Å². The van der Waals surface area contributed by atoms with Crippen LogP contribution >= 0.6 is 24.8 Å². The van der Waals surface area contributed by atoms with Gasteiger partial charge in [0, 0.05) is 0 Å². The zero-order valence-corrected chi connectivity index (χ0v) is 19.8. The number of hydrogen-bond donors (Lipinski definition) is 3. The Hall–Kier alpha value is -1.42. The molecule has 28 heavy (non-hydrogen) atoms. The third-order valence-electron chi connectivity index (χ3n) is 4.24. The van der Waals surface area contributed by atoms with Crippen LogP contribution in [0, 0.1) is 0 Å². The lowest BCUT2D eigenvalue weighted by atomic mass is 9.85. The number of phenols is 2. The second kappa shape index (κ2) is 12.2. The lowest BCUT2D eigenvalue weighted by Crippen LogP contribution is -2.14. The van der Waals surface area contributed by atoms with Gasteiger partial charge in [0.25, 0.3) is 0 Å². The van der Waals surface area contributed by atoms with Crippen molar-refractivity contribution in [3.63, 3.8) is 0 Å². The summed E-state index contributed by atoms with van der Waals surface area (Å²) in [5.41, 5.74) is 3.33. The third-order valence-corrected chi connectivity index (χ3v) is 4.24. The molecule has 0 saturated heterocycles. The van der Waals surface area contributed by atoms with E-state index in [1.165, 1.54) is 5.56 Å². The molecule has 0 aliphatic carbocycles. The van der Waals surface area contributed by atoms with Crippen molar-refractivity contribution in [3.05, 3.63) is 59.2 Å². The molecule has 2 aromatic carbocycles. The van der Waals surface area contributed by atoms with Crippen LogP contribution in [0.2, 0.25) is 0 Å². The van der Waals surface area contributed by atoms with Gasteiger partial charge in [-0.25, -0.2) is 0 Å². The molecule has 0 bridgehead atoms. The van der Waals surface area contributed by atoms with Gasteiger partial charge in [-0.3, -0.25) is 0 Å². The summed E-state index contributed by atoms with van der Waals surface area (Å²) in [6.45, 7) is 13.6. The molecule has 0 aliphatic rings. The fourth-order valence-corrected chi connectivity index (χ4v) is 2.72. The van der Waals surface area contributed by atoms with Crippen LogP contribution in [0.15, 0.2) is 42.5 Å². The van der Waals surface area contributed by atoms with Crippen LogP contribution in [0.25, 0.3) is 0 Å². The molecule has 0 radical (unpaired) electrons. The molecule has 0 atom stereocenters. The number of hydrogen-bond acceptors (Lipinski definition) is 3. The molecule has 0 unspecified atom stereocenters. The molecule has 0 aliphatic heterocycles. The number of para-hydroxylation sites is 1. The van der Waals surface area contributed by atoms with Gasteiger partial charge in [0.15, 0.2) is 0 Å². The molecular formula is C23H37Cl2NO2. The summed E-state index contributed by atoms with van der Waals surface area (Å²) in [5, 5.41) is 22.4. The van der Waals surface area contributed by atoms with Crippen LogP contribution in [-0.2, 0) is 17.3 Å². The summed E-state index contributed by atoms with van der Waals surface area (Å²) in [7, 11) is 1.95. The summed E-state index contributed by atoms with van der Waals surface area (Å²) in [6.07, 6.45) is 1.000. The summed E-state index contributed by atoms with van der Waals surface area (Å²) < 4.78 is 0. The van der Waals surface area contributed by atoms with E-state index in [9.17, 15) is 10.2 Å². The van der Waals surface area contributed by atoms with Gasteiger partial charge in [0.1, 0.15) is 11.5 Å². The van der Waals surface area contributed by atoms with Crippen molar-refractivity contribution in [2.45, 2.75) is 58.8 Å². The van der Waals surface area contributed by atoms with E-state index < -0.39 is 0 Å². The summed E-state index contributed by atoms with van der Waals surface area (Å²) in [5.74, 6) is 0.788. The average Bonchev–Trinajstić information content (AvgIpc) is 2.53. The van der Waals surface area contributed by atoms with Crippen LogP contribution in [0.1, 0.15) is 58.2 Å². The zero-order chi connectivity index (χ0) is 20.0. The van der Waals surface area contributed by atoms with Gasteiger partial charge in [-0.1, -0.05) is 71.9 Å². The van der Waals surface area contributed by atoms with Gasteiger partial charge in [-0.15, -0.1) is 24.8 Å². The van der Waals surface area contributed by atoms with E-state index in [2.05, 4.69) is 52.9 Å². The van der Waals surface area contributed by atoms with Gasteiger partial charge < -0.3 is 15.5 Å². The molecule has 0 saturated carbocycles. The van der Waals surface area contributed by atoms with Gasteiger partial charge in [-0.05, 0) is 59.7 Å². The molecule has 3 N–H and O–H groups in total. The average molecular weight is 430 g/mol. The Morgan fingerprint density at radius 3 is 1.68 bits per heavy atom. The molecule has 3 nitrogen and oxygen atoms in total. The van der Waals surface area contributed by atoms with E-state index in [-0.39, 0.29) is 35.6 Å². The molecule has 160 valence electrons. The molecule has 0 heterocycles. The molecule has 0 amide bonds. The normalized spacial score (nSPS) is 10.8. The van der Waals surface area contributed by atoms with Gasteiger partial charge in [0.2, 0.25) is 0 Å². The van der Waals surface area contributed by atoms with E-state index in [4.69, 9.17) is 0 Å². The quantitative estimate of drug-likeness (QED) is 0.561. The van der Waals surface area contributed by atoms with Crippen LogP contribution in [0.5, 0.6) is 11.5 Å². The minimum atomic E-state index is -0.000261. The van der Waals surface area contributed by atoms with Gasteiger partial charge in [0.05, 0.1) is 0 Å². The number of phenolic OH excluding ortho intramolecular Hbond substituents is 2. The number of benzene rings is 2. The first kappa shape index (κ1) is 28.8. The molecule has 5 heteroatoms. The van der Waals surface area contributed by atoms with E-state index in [1.54, 1.807) is 12.1 Å². The fourth-order valence-electron chi connectivity index (χ4n) is 2.72. The first-order chi connectivity index (χ1) is 12.0. The van der Waals surface area contributed by atoms with Crippen molar-refractivity contribution in [2.75, 3.05) is 13.6 Å². The highest BCUT2D eigenvalue weighted by atomic mass is 35.5.